The Kier molecular flexibility index (Phi) is 11.4. The summed E-state index contributed by atoms with van der Waals surface area (Å²) < 4.78 is 4.99. The van der Waals surface area contributed by atoms with Crippen molar-refractivity contribution < 1.29 is 4.74 Å². The van der Waals surface area contributed by atoms with Crippen LogP contribution in [0.1, 0.15) is 51.9 Å². The zero-order chi connectivity index (χ0) is 9.78. The van der Waals surface area contributed by atoms with Crippen LogP contribution in [0.25, 0.3) is 0 Å². The van der Waals surface area contributed by atoms with E-state index in [1.54, 1.807) is 7.11 Å². The molecule has 0 bridgehead atoms. The molecular weight excluding hydrogens is 160 g/mol. The Morgan fingerprint density at radius 1 is 0.923 bits per heavy atom. The minimum Gasteiger partial charge on any atom is -0.385 e. The molecule has 0 radical (unpaired) electrons. The van der Waals surface area contributed by atoms with Gasteiger partial charge in [0.15, 0.2) is 0 Å². The minimum absolute atomic E-state index is 0.929. The van der Waals surface area contributed by atoms with Gasteiger partial charge in [0.05, 0.1) is 0 Å². The van der Waals surface area contributed by atoms with Crippen molar-refractivity contribution in [2.24, 2.45) is 0 Å². The van der Waals surface area contributed by atoms with Crippen molar-refractivity contribution in [1.82, 2.24) is 0 Å². The second-order valence-corrected chi connectivity index (χ2v) is 3.47. The molecule has 0 aliphatic heterocycles. The quantitative estimate of drug-likeness (QED) is 0.389. The smallest absolute Gasteiger partial charge is 0.0462 e. The number of unbranched alkanes of at least 4 members (excludes halogenated alkanes) is 6. The number of methoxy groups -OCH3 is 1. The molecule has 78 valence electrons. The van der Waals surface area contributed by atoms with Crippen molar-refractivity contribution in [1.29, 1.82) is 0 Å². The molecule has 0 atom stereocenters. The first-order chi connectivity index (χ1) is 6.41. The van der Waals surface area contributed by atoms with Gasteiger partial charge >= 0.3 is 0 Å². The summed E-state index contributed by atoms with van der Waals surface area (Å²) in [7, 11) is 1.77. The fourth-order valence-corrected chi connectivity index (χ4v) is 1.38. The van der Waals surface area contributed by atoms with Crippen molar-refractivity contribution in [2.75, 3.05) is 13.7 Å². The van der Waals surface area contributed by atoms with E-state index in [9.17, 15) is 0 Å². The Hall–Kier alpha value is -0.300. The van der Waals surface area contributed by atoms with E-state index < -0.39 is 0 Å². The van der Waals surface area contributed by atoms with Gasteiger partial charge in [0, 0.05) is 13.7 Å². The average molecular weight is 184 g/mol. The van der Waals surface area contributed by atoms with Crippen LogP contribution in [0.2, 0.25) is 0 Å². The van der Waals surface area contributed by atoms with Gasteiger partial charge in [0.2, 0.25) is 0 Å². The summed E-state index contributed by atoms with van der Waals surface area (Å²) in [5, 5.41) is 0. The van der Waals surface area contributed by atoms with Crippen LogP contribution in [0.15, 0.2) is 12.2 Å². The number of hydrogen-bond acceptors (Lipinski definition) is 1. The summed E-state index contributed by atoms with van der Waals surface area (Å²) in [4.78, 5) is 0. The van der Waals surface area contributed by atoms with Crippen LogP contribution in [0, 0.1) is 0 Å². The summed E-state index contributed by atoms with van der Waals surface area (Å²) in [6.07, 6.45) is 13.7. The van der Waals surface area contributed by atoms with Crippen molar-refractivity contribution in [2.45, 2.75) is 51.9 Å². The summed E-state index contributed by atoms with van der Waals surface area (Å²) in [6.45, 7) is 3.02. The maximum absolute atomic E-state index is 4.99. The molecule has 0 saturated heterocycles. The molecule has 13 heavy (non-hydrogen) atoms. The molecule has 0 aromatic heterocycles. The molecular formula is C12H24O. The van der Waals surface area contributed by atoms with E-state index in [1.165, 1.54) is 44.9 Å². The molecule has 0 rings (SSSR count). The molecule has 0 saturated carbocycles. The third-order valence-electron chi connectivity index (χ3n) is 2.20. The molecule has 0 amide bonds. The van der Waals surface area contributed by atoms with Crippen LogP contribution in [-0.4, -0.2) is 13.7 Å². The maximum atomic E-state index is 4.99. The van der Waals surface area contributed by atoms with Crippen LogP contribution >= 0.6 is 0 Å². The highest BCUT2D eigenvalue weighted by Gasteiger charge is 1.89. The van der Waals surface area contributed by atoms with Crippen LogP contribution in [-0.2, 0) is 4.74 Å². The largest absolute Gasteiger partial charge is 0.385 e. The monoisotopic (exact) mass is 184 g/mol. The number of hydrogen-bond donors (Lipinski definition) is 0. The summed E-state index contributed by atoms with van der Waals surface area (Å²) in [5.41, 5.74) is 0. The first kappa shape index (κ1) is 12.7. The molecule has 0 N–H and O–H groups in total. The molecule has 0 aliphatic rings. The van der Waals surface area contributed by atoms with E-state index in [0.29, 0.717) is 0 Å². The Morgan fingerprint density at radius 2 is 1.54 bits per heavy atom. The highest BCUT2D eigenvalue weighted by Crippen LogP contribution is 2.07. The van der Waals surface area contributed by atoms with Crippen molar-refractivity contribution in [3.63, 3.8) is 0 Å². The summed E-state index contributed by atoms with van der Waals surface area (Å²) >= 11 is 0. The number of ether oxygens (including phenoxy) is 1. The third-order valence-corrected chi connectivity index (χ3v) is 2.20. The van der Waals surface area contributed by atoms with Gasteiger partial charge in [0.1, 0.15) is 0 Å². The SMILES string of the molecule is CC=CCCCCCCCCOC. The Balaban J connectivity index is 2.83. The van der Waals surface area contributed by atoms with Crippen molar-refractivity contribution in [3.05, 3.63) is 12.2 Å². The van der Waals surface area contributed by atoms with Gasteiger partial charge in [-0.15, -0.1) is 0 Å². The van der Waals surface area contributed by atoms with E-state index in [0.717, 1.165) is 6.61 Å². The second kappa shape index (κ2) is 11.7. The molecule has 0 unspecified atom stereocenters. The van der Waals surface area contributed by atoms with Gasteiger partial charge in [0.25, 0.3) is 0 Å². The van der Waals surface area contributed by atoms with Gasteiger partial charge < -0.3 is 4.74 Å². The van der Waals surface area contributed by atoms with Gasteiger partial charge in [-0.05, 0) is 26.2 Å². The first-order valence-corrected chi connectivity index (χ1v) is 5.52. The predicted molar refractivity (Wildman–Crippen MR) is 59.0 cm³/mol. The maximum Gasteiger partial charge on any atom is 0.0462 e. The van der Waals surface area contributed by atoms with Crippen molar-refractivity contribution >= 4 is 0 Å². The Bertz CT molecular complexity index is 108. The standard InChI is InChI=1S/C12H24O/c1-3-4-5-6-7-8-9-10-11-12-13-2/h3-4H,5-12H2,1-2H3. The average Bonchev–Trinajstić information content (AvgIpc) is 2.16. The van der Waals surface area contributed by atoms with E-state index in [1.807, 2.05) is 0 Å². The van der Waals surface area contributed by atoms with E-state index in [2.05, 4.69) is 19.1 Å². The molecule has 0 aromatic rings. The van der Waals surface area contributed by atoms with Crippen LogP contribution in [0.3, 0.4) is 0 Å². The fourth-order valence-electron chi connectivity index (χ4n) is 1.38. The lowest BCUT2D eigenvalue weighted by atomic mass is 10.1. The van der Waals surface area contributed by atoms with E-state index in [4.69, 9.17) is 4.74 Å². The highest BCUT2D eigenvalue weighted by atomic mass is 16.5. The first-order valence-electron chi connectivity index (χ1n) is 5.52. The highest BCUT2D eigenvalue weighted by molar-refractivity contribution is 4.76. The number of rotatable bonds is 9. The molecule has 0 aromatic carbocycles. The molecule has 1 nitrogen and oxygen atoms in total. The van der Waals surface area contributed by atoms with Crippen molar-refractivity contribution in [3.8, 4) is 0 Å². The summed E-state index contributed by atoms with van der Waals surface area (Å²) in [6, 6.07) is 0. The predicted octanol–water partition coefficient (Wildman–Crippen LogP) is 3.94. The molecule has 0 heterocycles. The fraction of sp³-hybridized carbons (Fsp3) is 0.833. The van der Waals surface area contributed by atoms with E-state index in [-0.39, 0.29) is 0 Å². The molecule has 1 heteroatoms. The lowest BCUT2D eigenvalue weighted by molar-refractivity contribution is 0.192. The zero-order valence-electron chi connectivity index (χ0n) is 9.22. The van der Waals surface area contributed by atoms with Crippen LogP contribution < -0.4 is 0 Å². The minimum atomic E-state index is 0.929. The van der Waals surface area contributed by atoms with Crippen LogP contribution in [0.4, 0.5) is 0 Å². The molecule has 0 aliphatic carbocycles. The zero-order valence-corrected chi connectivity index (χ0v) is 9.22. The van der Waals surface area contributed by atoms with Gasteiger partial charge in [-0.3, -0.25) is 0 Å². The lowest BCUT2D eigenvalue weighted by Gasteiger charge is -1.99. The second-order valence-electron chi connectivity index (χ2n) is 3.47. The van der Waals surface area contributed by atoms with E-state index >= 15 is 0 Å². The third kappa shape index (κ3) is 11.7. The normalized spacial score (nSPS) is 11.2. The van der Waals surface area contributed by atoms with Gasteiger partial charge in [-0.1, -0.05) is 37.8 Å². The number of allylic oxidation sites excluding steroid dienone is 2. The van der Waals surface area contributed by atoms with Crippen LogP contribution in [0.5, 0.6) is 0 Å². The molecule has 0 fully saturated rings. The lowest BCUT2D eigenvalue weighted by Crippen LogP contribution is -1.88. The Morgan fingerprint density at radius 3 is 2.15 bits per heavy atom. The van der Waals surface area contributed by atoms with Gasteiger partial charge in [-0.2, -0.15) is 0 Å². The van der Waals surface area contributed by atoms with Gasteiger partial charge in [-0.25, -0.2) is 0 Å². The Labute approximate surface area is 83.2 Å². The summed E-state index contributed by atoms with van der Waals surface area (Å²) in [5.74, 6) is 0. The molecule has 0 spiro atoms. The topological polar surface area (TPSA) is 9.23 Å².